The molecule has 0 radical (unpaired) electrons. The lowest BCUT2D eigenvalue weighted by molar-refractivity contribution is 0.0984. The molecule has 3 fully saturated rings. The smallest absolute Gasteiger partial charge is 0.319 e. The van der Waals surface area contributed by atoms with Crippen LogP contribution in [0.1, 0.15) is 32.1 Å². The summed E-state index contributed by atoms with van der Waals surface area (Å²) in [5, 5.41) is 6.67. The summed E-state index contributed by atoms with van der Waals surface area (Å²) in [6, 6.07) is 5.65. The van der Waals surface area contributed by atoms with Gasteiger partial charge in [0.15, 0.2) is 0 Å². The summed E-state index contributed by atoms with van der Waals surface area (Å²) in [5.74, 6) is 0. The Morgan fingerprint density at radius 1 is 1.26 bits per heavy atom. The zero-order valence-electron chi connectivity index (χ0n) is 13.1. The normalized spacial score (nSPS) is 29.1. The van der Waals surface area contributed by atoms with Crippen LogP contribution in [0.2, 0.25) is 5.02 Å². The van der Waals surface area contributed by atoms with Crippen molar-refractivity contribution in [3.05, 3.63) is 23.2 Å². The maximum absolute atomic E-state index is 12.4. The standard InChI is InChI=1S/C17H22ClN3O2/c18-11-3-5-15(21-7-1-2-8-21)13(9-11)19-17(22)20-14-10-12-4-6-16(14)23-12/h3,5,9,12,14,16H,1-2,4,6-8,10H2,(H2,19,20,22)/t12-,14+,16-/m1/s1. The van der Waals surface area contributed by atoms with Gasteiger partial charge in [-0.2, -0.15) is 0 Å². The highest BCUT2D eigenvalue weighted by Gasteiger charge is 2.41. The van der Waals surface area contributed by atoms with E-state index in [2.05, 4.69) is 15.5 Å². The molecule has 1 aromatic carbocycles. The molecule has 2 bridgehead atoms. The molecule has 1 aromatic rings. The molecule has 3 aliphatic rings. The van der Waals surface area contributed by atoms with Gasteiger partial charge in [-0.3, -0.25) is 0 Å². The Morgan fingerprint density at radius 2 is 2.09 bits per heavy atom. The van der Waals surface area contributed by atoms with Crippen molar-refractivity contribution >= 4 is 29.0 Å². The molecule has 3 atom stereocenters. The lowest BCUT2D eigenvalue weighted by Crippen LogP contribution is -2.43. The third-order valence-corrected chi connectivity index (χ3v) is 5.31. The van der Waals surface area contributed by atoms with Crippen LogP contribution in [0.4, 0.5) is 16.2 Å². The first kappa shape index (κ1) is 15.1. The number of rotatable bonds is 3. The SMILES string of the molecule is O=C(Nc1cc(Cl)ccc1N1CCCC1)N[C@H]1C[C@H]2CC[C@H]1O2. The summed E-state index contributed by atoms with van der Waals surface area (Å²) >= 11 is 6.12. The van der Waals surface area contributed by atoms with Crippen LogP contribution in [0, 0.1) is 0 Å². The van der Waals surface area contributed by atoms with Crippen molar-refractivity contribution in [3.63, 3.8) is 0 Å². The van der Waals surface area contributed by atoms with Crippen molar-refractivity contribution in [1.82, 2.24) is 5.32 Å². The quantitative estimate of drug-likeness (QED) is 0.890. The number of carbonyl (C=O) groups excluding carboxylic acids is 1. The van der Waals surface area contributed by atoms with E-state index in [-0.39, 0.29) is 18.2 Å². The van der Waals surface area contributed by atoms with Gasteiger partial charge in [0.1, 0.15) is 0 Å². The second kappa shape index (κ2) is 6.21. The summed E-state index contributed by atoms with van der Waals surface area (Å²) in [6.45, 7) is 2.05. The van der Waals surface area contributed by atoms with Crippen molar-refractivity contribution in [2.24, 2.45) is 0 Å². The molecule has 2 amide bonds. The van der Waals surface area contributed by atoms with Gasteiger partial charge in [0.25, 0.3) is 0 Å². The second-order valence-electron chi connectivity index (χ2n) is 6.67. The van der Waals surface area contributed by atoms with Crippen LogP contribution in [-0.4, -0.2) is 37.4 Å². The summed E-state index contributed by atoms with van der Waals surface area (Å²) < 4.78 is 5.79. The third kappa shape index (κ3) is 3.12. The predicted octanol–water partition coefficient (Wildman–Crippen LogP) is 3.38. The van der Waals surface area contributed by atoms with Gasteiger partial charge >= 0.3 is 6.03 Å². The number of urea groups is 1. The first-order valence-corrected chi connectivity index (χ1v) is 8.84. The number of nitrogens with one attached hydrogen (secondary N) is 2. The number of halogens is 1. The Bertz CT molecular complexity index is 604. The van der Waals surface area contributed by atoms with E-state index in [9.17, 15) is 4.79 Å². The number of fused-ring (bicyclic) bond motifs is 2. The van der Waals surface area contributed by atoms with Crippen LogP contribution in [0.25, 0.3) is 0 Å². The molecule has 3 saturated heterocycles. The summed E-state index contributed by atoms with van der Waals surface area (Å²) in [6.07, 6.45) is 5.99. The molecule has 2 N–H and O–H groups in total. The number of carbonyl (C=O) groups is 1. The number of benzene rings is 1. The Hall–Kier alpha value is -1.46. The molecule has 124 valence electrons. The molecule has 0 unspecified atom stereocenters. The largest absolute Gasteiger partial charge is 0.373 e. The van der Waals surface area contributed by atoms with E-state index >= 15 is 0 Å². The Morgan fingerprint density at radius 3 is 2.78 bits per heavy atom. The van der Waals surface area contributed by atoms with Crippen LogP contribution < -0.4 is 15.5 Å². The lowest BCUT2D eigenvalue weighted by atomic mass is 9.96. The zero-order chi connectivity index (χ0) is 15.8. The molecule has 3 aliphatic heterocycles. The summed E-state index contributed by atoms with van der Waals surface area (Å²) in [7, 11) is 0. The molecule has 5 nitrogen and oxygen atoms in total. The van der Waals surface area contributed by atoms with Gasteiger partial charge in [0.2, 0.25) is 0 Å². The first-order chi connectivity index (χ1) is 11.2. The van der Waals surface area contributed by atoms with Crippen LogP contribution in [0.5, 0.6) is 0 Å². The van der Waals surface area contributed by atoms with Crippen LogP contribution in [0.3, 0.4) is 0 Å². The van der Waals surface area contributed by atoms with Crippen molar-refractivity contribution in [2.45, 2.75) is 50.4 Å². The van der Waals surface area contributed by atoms with Gasteiger partial charge < -0.3 is 20.3 Å². The van der Waals surface area contributed by atoms with Crippen molar-refractivity contribution in [3.8, 4) is 0 Å². The van der Waals surface area contributed by atoms with Crippen molar-refractivity contribution in [2.75, 3.05) is 23.3 Å². The fourth-order valence-electron chi connectivity index (χ4n) is 3.96. The van der Waals surface area contributed by atoms with Crippen LogP contribution >= 0.6 is 11.6 Å². The Balaban J connectivity index is 1.45. The number of hydrogen-bond acceptors (Lipinski definition) is 3. The average molecular weight is 336 g/mol. The average Bonchev–Trinajstić information content (AvgIpc) is 3.25. The minimum absolute atomic E-state index is 0.128. The van der Waals surface area contributed by atoms with Crippen LogP contribution in [0.15, 0.2) is 18.2 Å². The van der Waals surface area contributed by atoms with E-state index in [0.29, 0.717) is 11.1 Å². The van der Waals surface area contributed by atoms with E-state index in [0.717, 1.165) is 43.7 Å². The maximum atomic E-state index is 12.4. The summed E-state index contributed by atoms with van der Waals surface area (Å²) in [4.78, 5) is 14.7. The fraction of sp³-hybridized carbons (Fsp3) is 0.588. The van der Waals surface area contributed by atoms with Gasteiger partial charge in [-0.1, -0.05) is 11.6 Å². The Labute approximate surface area is 141 Å². The number of hydrogen-bond donors (Lipinski definition) is 2. The van der Waals surface area contributed by atoms with E-state index in [1.54, 1.807) is 0 Å². The van der Waals surface area contributed by atoms with E-state index in [4.69, 9.17) is 16.3 Å². The third-order valence-electron chi connectivity index (χ3n) is 5.08. The first-order valence-electron chi connectivity index (χ1n) is 8.46. The molecule has 23 heavy (non-hydrogen) atoms. The van der Waals surface area contributed by atoms with E-state index in [1.165, 1.54) is 12.8 Å². The maximum Gasteiger partial charge on any atom is 0.319 e. The number of ether oxygens (including phenoxy) is 1. The predicted molar refractivity (Wildman–Crippen MR) is 91.4 cm³/mol. The number of anilines is 2. The minimum atomic E-state index is -0.172. The molecular weight excluding hydrogens is 314 g/mol. The second-order valence-corrected chi connectivity index (χ2v) is 7.11. The molecule has 0 spiro atoms. The van der Waals surface area contributed by atoms with E-state index < -0.39 is 0 Å². The number of amides is 2. The molecule has 0 saturated carbocycles. The van der Waals surface area contributed by atoms with Gasteiger partial charge in [0, 0.05) is 18.1 Å². The molecule has 4 rings (SSSR count). The van der Waals surface area contributed by atoms with Gasteiger partial charge in [-0.15, -0.1) is 0 Å². The molecule has 6 heteroatoms. The minimum Gasteiger partial charge on any atom is -0.373 e. The highest BCUT2D eigenvalue weighted by molar-refractivity contribution is 6.31. The topological polar surface area (TPSA) is 53.6 Å². The van der Waals surface area contributed by atoms with Gasteiger partial charge in [-0.25, -0.2) is 4.79 Å². The molecule has 3 heterocycles. The highest BCUT2D eigenvalue weighted by atomic mass is 35.5. The molecular formula is C17H22ClN3O2. The van der Waals surface area contributed by atoms with Gasteiger partial charge in [0.05, 0.1) is 29.6 Å². The highest BCUT2D eigenvalue weighted by Crippen LogP contribution is 2.35. The van der Waals surface area contributed by atoms with Crippen molar-refractivity contribution < 1.29 is 9.53 Å². The molecule has 0 aliphatic carbocycles. The Kier molecular flexibility index (Phi) is 4.07. The van der Waals surface area contributed by atoms with Gasteiger partial charge in [-0.05, 0) is 50.3 Å². The fourth-order valence-corrected chi connectivity index (χ4v) is 4.13. The monoisotopic (exact) mass is 335 g/mol. The molecule has 0 aromatic heterocycles. The van der Waals surface area contributed by atoms with Crippen molar-refractivity contribution in [1.29, 1.82) is 0 Å². The summed E-state index contributed by atoms with van der Waals surface area (Å²) in [5.41, 5.74) is 1.83. The number of nitrogens with zero attached hydrogens (tertiary/aromatic N) is 1. The van der Waals surface area contributed by atoms with Crippen LogP contribution in [-0.2, 0) is 4.74 Å². The van der Waals surface area contributed by atoms with E-state index in [1.807, 2.05) is 18.2 Å². The lowest BCUT2D eigenvalue weighted by Gasteiger charge is -2.24. The zero-order valence-corrected chi connectivity index (χ0v) is 13.8.